The van der Waals surface area contributed by atoms with Crippen LogP contribution in [-0.2, 0) is 4.74 Å². The largest absolute Gasteiger partial charge is 0.378 e. The smallest absolute Gasteiger partial charge is 0.0578 e. The first-order valence-electron chi connectivity index (χ1n) is 7.88. The van der Waals surface area contributed by atoms with Crippen LogP contribution in [0.1, 0.15) is 65.2 Å². The Bertz CT molecular complexity index is 247. The van der Waals surface area contributed by atoms with Crippen LogP contribution in [-0.4, -0.2) is 18.5 Å². The average Bonchev–Trinajstić information content (AvgIpc) is 2.41. The molecule has 2 aliphatic carbocycles. The van der Waals surface area contributed by atoms with E-state index < -0.39 is 0 Å². The van der Waals surface area contributed by atoms with Gasteiger partial charge in [-0.2, -0.15) is 12.6 Å². The number of hydrogen-bond donors (Lipinski definition) is 1. The third kappa shape index (κ3) is 3.66. The second kappa shape index (κ2) is 6.65. The van der Waals surface area contributed by atoms with Crippen LogP contribution in [0.3, 0.4) is 0 Å². The highest BCUT2D eigenvalue weighted by Crippen LogP contribution is 2.39. The summed E-state index contributed by atoms with van der Waals surface area (Å²) in [4.78, 5) is 0. The second-order valence-electron chi connectivity index (χ2n) is 6.92. The van der Waals surface area contributed by atoms with Gasteiger partial charge in [-0.3, -0.25) is 0 Å². The first kappa shape index (κ1) is 14.7. The van der Waals surface area contributed by atoms with Crippen molar-refractivity contribution in [3.63, 3.8) is 0 Å². The van der Waals surface area contributed by atoms with Gasteiger partial charge in [0.15, 0.2) is 0 Å². The summed E-state index contributed by atoms with van der Waals surface area (Å²) in [5.74, 6) is 2.73. The van der Waals surface area contributed by atoms with E-state index in [1.807, 2.05) is 0 Å². The molecule has 0 saturated heterocycles. The summed E-state index contributed by atoms with van der Waals surface area (Å²) in [6.45, 7) is 5.73. The summed E-state index contributed by atoms with van der Waals surface area (Å²) >= 11 is 4.60. The SMILES string of the molecule is CC1CCC(OCC2(CS)CCCCC2)CC1C. The van der Waals surface area contributed by atoms with Crippen molar-refractivity contribution in [3.8, 4) is 0 Å². The zero-order chi connectivity index (χ0) is 13.0. The minimum atomic E-state index is 0.396. The minimum absolute atomic E-state index is 0.396. The molecule has 1 nitrogen and oxygen atoms in total. The van der Waals surface area contributed by atoms with Gasteiger partial charge in [0.2, 0.25) is 0 Å². The molecule has 0 spiro atoms. The van der Waals surface area contributed by atoms with E-state index >= 15 is 0 Å². The van der Waals surface area contributed by atoms with Gasteiger partial charge in [-0.25, -0.2) is 0 Å². The number of ether oxygens (including phenoxy) is 1. The summed E-state index contributed by atoms with van der Waals surface area (Å²) in [5, 5.41) is 0. The molecule has 0 aromatic rings. The maximum atomic E-state index is 6.29. The number of thiol groups is 1. The highest BCUT2D eigenvalue weighted by molar-refractivity contribution is 7.80. The van der Waals surface area contributed by atoms with Crippen LogP contribution < -0.4 is 0 Å². The van der Waals surface area contributed by atoms with Gasteiger partial charge >= 0.3 is 0 Å². The predicted octanol–water partition coefficient (Wildman–Crippen LogP) is 4.71. The van der Waals surface area contributed by atoms with Gasteiger partial charge in [-0.05, 0) is 49.7 Å². The van der Waals surface area contributed by atoms with Crippen molar-refractivity contribution in [2.45, 2.75) is 71.3 Å². The van der Waals surface area contributed by atoms with Gasteiger partial charge in [0.25, 0.3) is 0 Å². The van der Waals surface area contributed by atoms with Crippen LogP contribution in [0, 0.1) is 17.3 Å². The van der Waals surface area contributed by atoms with E-state index in [-0.39, 0.29) is 0 Å². The van der Waals surface area contributed by atoms with Gasteiger partial charge in [-0.15, -0.1) is 0 Å². The Morgan fingerprint density at radius 2 is 1.78 bits per heavy atom. The van der Waals surface area contributed by atoms with Crippen LogP contribution >= 0.6 is 12.6 Å². The number of rotatable bonds is 4. The van der Waals surface area contributed by atoms with Crippen LogP contribution in [0.25, 0.3) is 0 Å². The highest BCUT2D eigenvalue weighted by atomic mass is 32.1. The molecule has 0 aromatic carbocycles. The lowest BCUT2D eigenvalue weighted by Gasteiger charge is -2.39. The summed E-state index contributed by atoms with van der Waals surface area (Å²) in [6, 6.07) is 0. The molecule has 3 atom stereocenters. The van der Waals surface area contributed by atoms with Crippen LogP contribution in [0.15, 0.2) is 0 Å². The normalized spacial score (nSPS) is 36.5. The maximum Gasteiger partial charge on any atom is 0.0578 e. The van der Waals surface area contributed by atoms with Crippen LogP contribution in [0.2, 0.25) is 0 Å². The van der Waals surface area contributed by atoms with E-state index in [1.54, 1.807) is 0 Å². The molecule has 2 saturated carbocycles. The third-order valence-corrected chi connectivity index (χ3v) is 6.10. The standard InChI is InChI=1S/C16H30OS/c1-13-6-7-15(10-14(13)2)17-11-16(12-18)8-4-3-5-9-16/h13-15,18H,3-12H2,1-2H3. The molecule has 3 unspecified atom stereocenters. The monoisotopic (exact) mass is 270 g/mol. The van der Waals surface area contributed by atoms with Gasteiger partial charge in [0.1, 0.15) is 0 Å². The van der Waals surface area contributed by atoms with E-state index in [9.17, 15) is 0 Å². The quantitative estimate of drug-likeness (QED) is 0.728. The lowest BCUT2D eigenvalue weighted by atomic mass is 9.76. The summed E-state index contributed by atoms with van der Waals surface area (Å²) in [7, 11) is 0. The Labute approximate surface area is 118 Å². The fourth-order valence-electron chi connectivity index (χ4n) is 3.59. The topological polar surface area (TPSA) is 9.23 Å². The second-order valence-corrected chi connectivity index (χ2v) is 7.24. The fraction of sp³-hybridized carbons (Fsp3) is 1.00. The van der Waals surface area contributed by atoms with Gasteiger partial charge in [0.05, 0.1) is 12.7 Å². The molecule has 0 aromatic heterocycles. The van der Waals surface area contributed by atoms with E-state index in [0.717, 1.165) is 24.2 Å². The Hall–Kier alpha value is 0.310. The summed E-state index contributed by atoms with van der Waals surface area (Å²) in [6.07, 6.45) is 11.2. The first-order valence-corrected chi connectivity index (χ1v) is 8.51. The minimum Gasteiger partial charge on any atom is -0.378 e. The fourth-order valence-corrected chi connectivity index (χ4v) is 4.00. The van der Waals surface area contributed by atoms with Crippen molar-refractivity contribution in [1.29, 1.82) is 0 Å². The van der Waals surface area contributed by atoms with E-state index in [1.165, 1.54) is 51.4 Å². The molecule has 0 heterocycles. The van der Waals surface area contributed by atoms with Crippen molar-refractivity contribution in [2.24, 2.45) is 17.3 Å². The molecule has 2 rings (SSSR count). The zero-order valence-electron chi connectivity index (χ0n) is 12.2. The van der Waals surface area contributed by atoms with E-state index in [2.05, 4.69) is 26.5 Å². The molecule has 2 aliphatic rings. The van der Waals surface area contributed by atoms with Crippen LogP contribution in [0.4, 0.5) is 0 Å². The molecule has 2 fully saturated rings. The van der Waals surface area contributed by atoms with Crippen LogP contribution in [0.5, 0.6) is 0 Å². The van der Waals surface area contributed by atoms with Gasteiger partial charge in [0, 0.05) is 5.41 Å². The molecular formula is C16H30OS. The Morgan fingerprint density at radius 3 is 2.39 bits per heavy atom. The van der Waals surface area contributed by atoms with Gasteiger partial charge < -0.3 is 4.74 Å². The molecular weight excluding hydrogens is 240 g/mol. The third-order valence-electron chi connectivity index (χ3n) is 5.42. The molecule has 2 heteroatoms. The molecule has 18 heavy (non-hydrogen) atoms. The van der Waals surface area contributed by atoms with Crippen molar-refractivity contribution in [3.05, 3.63) is 0 Å². The number of hydrogen-bond acceptors (Lipinski definition) is 2. The molecule has 0 bridgehead atoms. The van der Waals surface area contributed by atoms with Crippen molar-refractivity contribution in [2.75, 3.05) is 12.4 Å². The highest BCUT2D eigenvalue weighted by Gasteiger charge is 2.33. The summed E-state index contributed by atoms with van der Waals surface area (Å²) < 4.78 is 6.29. The zero-order valence-corrected chi connectivity index (χ0v) is 13.1. The summed E-state index contributed by atoms with van der Waals surface area (Å²) in [5.41, 5.74) is 0.396. The van der Waals surface area contributed by atoms with Crippen molar-refractivity contribution >= 4 is 12.6 Å². The Balaban J connectivity index is 1.79. The molecule has 0 radical (unpaired) electrons. The Kier molecular flexibility index (Phi) is 5.44. The van der Waals surface area contributed by atoms with Crippen molar-refractivity contribution in [1.82, 2.24) is 0 Å². The maximum absolute atomic E-state index is 6.29. The molecule has 0 N–H and O–H groups in total. The Morgan fingerprint density at radius 1 is 1.06 bits per heavy atom. The molecule has 0 amide bonds. The lowest BCUT2D eigenvalue weighted by Crippen LogP contribution is -2.35. The van der Waals surface area contributed by atoms with E-state index in [4.69, 9.17) is 4.74 Å². The molecule has 0 aliphatic heterocycles. The van der Waals surface area contributed by atoms with Gasteiger partial charge in [-0.1, -0.05) is 33.1 Å². The predicted molar refractivity (Wildman–Crippen MR) is 81.3 cm³/mol. The molecule has 106 valence electrons. The van der Waals surface area contributed by atoms with Crippen molar-refractivity contribution < 1.29 is 4.74 Å². The lowest BCUT2D eigenvalue weighted by molar-refractivity contribution is -0.0449. The average molecular weight is 270 g/mol. The van der Waals surface area contributed by atoms with E-state index in [0.29, 0.717) is 11.5 Å². The first-order chi connectivity index (χ1) is 8.65.